The van der Waals surface area contributed by atoms with Gasteiger partial charge in [0.1, 0.15) is 6.10 Å². The van der Waals surface area contributed by atoms with E-state index in [9.17, 15) is 4.79 Å². The molecule has 15 heavy (non-hydrogen) atoms. The number of hydrogen-bond donors (Lipinski definition) is 1. The van der Waals surface area contributed by atoms with E-state index in [4.69, 9.17) is 5.26 Å². The van der Waals surface area contributed by atoms with E-state index in [-0.39, 0.29) is 5.91 Å². The molecule has 0 saturated carbocycles. The maximum Gasteiger partial charge on any atom is 0.253 e. The smallest absolute Gasteiger partial charge is 0.253 e. The van der Waals surface area contributed by atoms with Gasteiger partial charge in [0, 0.05) is 19.7 Å². The van der Waals surface area contributed by atoms with Crippen molar-refractivity contribution in [1.82, 2.24) is 4.90 Å². The van der Waals surface area contributed by atoms with E-state index in [1.54, 1.807) is 20.2 Å². The average molecular weight is 211 g/mol. The molecule has 0 aromatic heterocycles. The van der Waals surface area contributed by atoms with Crippen molar-refractivity contribution in [1.29, 1.82) is 0 Å². The number of rotatable bonds is 3. The first kappa shape index (κ1) is 11.9. The maximum atomic E-state index is 11.8. The van der Waals surface area contributed by atoms with Gasteiger partial charge in [0.2, 0.25) is 0 Å². The van der Waals surface area contributed by atoms with Gasteiger partial charge in [0.05, 0.1) is 0 Å². The zero-order valence-electron chi connectivity index (χ0n) is 9.36. The van der Waals surface area contributed by atoms with Crippen LogP contribution < -0.4 is 0 Å². The third-order valence-electron chi connectivity index (χ3n) is 2.45. The highest BCUT2D eigenvalue weighted by molar-refractivity contribution is 5.97. The van der Waals surface area contributed by atoms with E-state index in [1.165, 1.54) is 4.90 Å². The van der Waals surface area contributed by atoms with Gasteiger partial charge in [0.15, 0.2) is 0 Å². The molecule has 1 N–H and O–H groups in total. The Morgan fingerprint density at radius 1 is 1.67 bits per heavy atom. The normalized spacial score (nSPS) is 20.7. The van der Waals surface area contributed by atoms with Gasteiger partial charge in [-0.1, -0.05) is 13.0 Å². The number of hydrogen-bond acceptors (Lipinski definition) is 3. The minimum Gasteiger partial charge on any atom is -0.345 e. The topological polar surface area (TPSA) is 49.8 Å². The van der Waals surface area contributed by atoms with Crippen LogP contribution in [0.4, 0.5) is 0 Å². The fraction of sp³-hybridized carbons (Fsp3) is 0.545. The maximum absolute atomic E-state index is 11.8. The zero-order chi connectivity index (χ0) is 11.4. The molecule has 84 valence electrons. The molecule has 0 saturated heterocycles. The Morgan fingerprint density at radius 2 is 2.33 bits per heavy atom. The van der Waals surface area contributed by atoms with Crippen LogP contribution in [0.5, 0.6) is 0 Å². The van der Waals surface area contributed by atoms with Gasteiger partial charge in [0.25, 0.3) is 5.91 Å². The molecule has 0 fully saturated rings. The van der Waals surface area contributed by atoms with Crippen molar-refractivity contribution >= 4 is 5.91 Å². The molecule has 0 spiro atoms. The van der Waals surface area contributed by atoms with Crippen LogP contribution in [0.15, 0.2) is 23.3 Å². The SMILES string of the molecule is CCC1=CCC(OO)C=C1C(=O)N(C)C. The number of likely N-dealkylation sites (N-methyl/N-ethyl adjacent to an activating group) is 1. The van der Waals surface area contributed by atoms with E-state index in [0.717, 1.165) is 12.0 Å². The van der Waals surface area contributed by atoms with Crippen molar-refractivity contribution in [2.24, 2.45) is 0 Å². The van der Waals surface area contributed by atoms with E-state index in [1.807, 2.05) is 13.0 Å². The van der Waals surface area contributed by atoms with Crippen molar-refractivity contribution in [3.8, 4) is 0 Å². The molecule has 1 atom stereocenters. The van der Waals surface area contributed by atoms with Crippen LogP contribution in [0.2, 0.25) is 0 Å². The summed E-state index contributed by atoms with van der Waals surface area (Å²) >= 11 is 0. The summed E-state index contributed by atoms with van der Waals surface area (Å²) in [7, 11) is 3.42. The number of carbonyl (C=O) groups excluding carboxylic acids is 1. The highest BCUT2D eigenvalue weighted by Crippen LogP contribution is 2.24. The van der Waals surface area contributed by atoms with Crippen LogP contribution in [0.25, 0.3) is 0 Å². The fourth-order valence-corrected chi connectivity index (χ4v) is 1.59. The van der Waals surface area contributed by atoms with E-state index in [0.29, 0.717) is 12.0 Å². The summed E-state index contributed by atoms with van der Waals surface area (Å²) in [5, 5.41) is 8.59. The van der Waals surface area contributed by atoms with Crippen LogP contribution in [0.3, 0.4) is 0 Å². The Bertz CT molecular complexity index is 305. The Kier molecular flexibility index (Phi) is 4.05. The van der Waals surface area contributed by atoms with Gasteiger partial charge >= 0.3 is 0 Å². The van der Waals surface area contributed by atoms with Crippen molar-refractivity contribution in [2.75, 3.05) is 14.1 Å². The molecule has 1 amide bonds. The third kappa shape index (κ3) is 2.67. The van der Waals surface area contributed by atoms with E-state index >= 15 is 0 Å². The molecule has 0 heterocycles. The van der Waals surface area contributed by atoms with Crippen LogP contribution in [0, 0.1) is 0 Å². The van der Waals surface area contributed by atoms with Crippen LogP contribution >= 0.6 is 0 Å². The number of amides is 1. The van der Waals surface area contributed by atoms with Gasteiger partial charge in [-0.3, -0.25) is 10.1 Å². The van der Waals surface area contributed by atoms with E-state index < -0.39 is 6.10 Å². The summed E-state index contributed by atoms with van der Waals surface area (Å²) in [6, 6.07) is 0. The molecule has 0 aromatic rings. The zero-order valence-corrected chi connectivity index (χ0v) is 9.36. The summed E-state index contributed by atoms with van der Waals surface area (Å²) < 4.78 is 0. The van der Waals surface area contributed by atoms with Gasteiger partial charge in [-0.05, 0) is 24.5 Å². The van der Waals surface area contributed by atoms with Gasteiger partial charge in [-0.25, -0.2) is 4.89 Å². The lowest BCUT2D eigenvalue weighted by Gasteiger charge is -2.21. The highest BCUT2D eigenvalue weighted by Gasteiger charge is 2.21. The highest BCUT2D eigenvalue weighted by atomic mass is 17.1. The van der Waals surface area contributed by atoms with Crippen LogP contribution in [-0.2, 0) is 9.68 Å². The molecule has 1 aliphatic rings. The molecule has 0 bridgehead atoms. The summed E-state index contributed by atoms with van der Waals surface area (Å²) in [5.41, 5.74) is 1.65. The van der Waals surface area contributed by atoms with Crippen LogP contribution in [-0.4, -0.2) is 36.3 Å². The molecule has 0 aliphatic heterocycles. The summed E-state index contributed by atoms with van der Waals surface area (Å²) in [6.07, 6.45) is 4.64. The van der Waals surface area contributed by atoms with Gasteiger partial charge in [-0.15, -0.1) is 0 Å². The van der Waals surface area contributed by atoms with Crippen molar-refractivity contribution in [3.63, 3.8) is 0 Å². The molecule has 1 unspecified atom stereocenters. The molecule has 1 aliphatic carbocycles. The average Bonchev–Trinajstić information content (AvgIpc) is 2.27. The Morgan fingerprint density at radius 3 is 2.80 bits per heavy atom. The van der Waals surface area contributed by atoms with Crippen LogP contribution in [0.1, 0.15) is 19.8 Å². The number of nitrogens with zero attached hydrogens (tertiary/aromatic N) is 1. The van der Waals surface area contributed by atoms with Crippen molar-refractivity contribution in [3.05, 3.63) is 23.3 Å². The fourth-order valence-electron chi connectivity index (χ4n) is 1.59. The molecule has 1 rings (SSSR count). The Hall–Kier alpha value is -1.13. The minimum atomic E-state index is -0.404. The monoisotopic (exact) mass is 211 g/mol. The molecule has 0 radical (unpaired) electrons. The number of carbonyl (C=O) groups is 1. The second kappa shape index (κ2) is 5.09. The molecule has 4 heteroatoms. The van der Waals surface area contributed by atoms with E-state index in [2.05, 4.69) is 4.89 Å². The molecule has 4 nitrogen and oxygen atoms in total. The lowest BCUT2D eigenvalue weighted by molar-refractivity contribution is -0.265. The Balaban J connectivity index is 2.93. The first-order valence-electron chi connectivity index (χ1n) is 5.03. The predicted octanol–water partition coefficient (Wildman–Crippen LogP) is 1.60. The second-order valence-corrected chi connectivity index (χ2v) is 3.74. The third-order valence-corrected chi connectivity index (χ3v) is 2.45. The first-order valence-corrected chi connectivity index (χ1v) is 5.03. The van der Waals surface area contributed by atoms with Gasteiger partial charge in [-0.2, -0.15) is 0 Å². The summed E-state index contributed by atoms with van der Waals surface area (Å²) in [4.78, 5) is 17.6. The molecular formula is C11H17NO3. The van der Waals surface area contributed by atoms with Gasteiger partial charge < -0.3 is 4.90 Å². The Labute approximate surface area is 89.8 Å². The lowest BCUT2D eigenvalue weighted by Crippen LogP contribution is -2.27. The lowest BCUT2D eigenvalue weighted by atomic mass is 9.93. The van der Waals surface area contributed by atoms with Crippen molar-refractivity contribution < 1.29 is 14.9 Å². The summed E-state index contributed by atoms with van der Waals surface area (Å²) in [6.45, 7) is 2.00. The quantitative estimate of drug-likeness (QED) is 0.570. The molecular weight excluding hydrogens is 194 g/mol. The molecule has 0 aromatic carbocycles. The second-order valence-electron chi connectivity index (χ2n) is 3.74. The minimum absolute atomic E-state index is 0.0511. The van der Waals surface area contributed by atoms with Crippen molar-refractivity contribution in [2.45, 2.75) is 25.9 Å². The standard InChI is InChI=1S/C11H17NO3/c1-4-8-5-6-9(15-14)7-10(8)11(13)12(2)3/h5,7,9,14H,4,6H2,1-3H3. The predicted molar refractivity (Wildman–Crippen MR) is 57.3 cm³/mol. The first-order chi connectivity index (χ1) is 7.10. The largest absolute Gasteiger partial charge is 0.345 e. The summed E-state index contributed by atoms with van der Waals surface area (Å²) in [5.74, 6) is -0.0511.